The number of benzene rings is 1. The van der Waals surface area contributed by atoms with Crippen molar-refractivity contribution < 1.29 is 18.0 Å². The van der Waals surface area contributed by atoms with E-state index in [2.05, 4.69) is 15.6 Å². The molecule has 1 aliphatic carbocycles. The van der Waals surface area contributed by atoms with E-state index >= 15 is 0 Å². The molecule has 1 heterocycles. The van der Waals surface area contributed by atoms with Crippen LogP contribution in [0.2, 0.25) is 0 Å². The van der Waals surface area contributed by atoms with E-state index in [1.165, 1.54) is 24.4 Å². The maximum atomic E-state index is 13.1. The number of halogens is 3. The van der Waals surface area contributed by atoms with Gasteiger partial charge in [-0.3, -0.25) is 4.79 Å². The molecule has 3 N–H and O–H groups in total. The number of nitrogens with two attached hydrogens (primary N) is 1. The number of carbonyl (C=O) groups excluding carboxylic acids is 1. The summed E-state index contributed by atoms with van der Waals surface area (Å²) in [7, 11) is 0. The maximum absolute atomic E-state index is 13.1. The molecule has 2 aromatic rings. The molecular formula is C16H18F3N5O. The normalized spacial score (nSPS) is 21.1. The Morgan fingerprint density at radius 3 is 2.56 bits per heavy atom. The number of carbonyl (C=O) groups is 1. The van der Waals surface area contributed by atoms with E-state index < -0.39 is 17.6 Å². The largest absolute Gasteiger partial charge is 0.418 e. The fourth-order valence-electron chi connectivity index (χ4n) is 2.92. The lowest BCUT2D eigenvalue weighted by Crippen LogP contribution is -2.40. The van der Waals surface area contributed by atoms with Crippen molar-refractivity contribution in [3.05, 3.63) is 41.7 Å². The second-order valence-corrected chi connectivity index (χ2v) is 6.15. The number of rotatable bonds is 3. The summed E-state index contributed by atoms with van der Waals surface area (Å²) in [5.41, 5.74) is 4.79. The van der Waals surface area contributed by atoms with Gasteiger partial charge in [-0.05, 0) is 37.8 Å². The molecule has 0 saturated heterocycles. The van der Waals surface area contributed by atoms with Crippen LogP contribution in [0.4, 0.5) is 13.2 Å². The summed E-state index contributed by atoms with van der Waals surface area (Å²) in [6.45, 7) is 0. The lowest BCUT2D eigenvalue weighted by Gasteiger charge is -2.26. The average Bonchev–Trinajstić information content (AvgIpc) is 3.06. The Morgan fingerprint density at radius 2 is 1.88 bits per heavy atom. The third-order valence-corrected chi connectivity index (χ3v) is 4.29. The van der Waals surface area contributed by atoms with Crippen LogP contribution in [-0.2, 0) is 6.18 Å². The number of hydrogen-bond acceptors (Lipinski definition) is 4. The Labute approximate surface area is 142 Å². The monoisotopic (exact) mass is 353 g/mol. The standard InChI is InChI=1S/C16H18F3N5O/c17-16(18,19)12-3-1-2-4-14(12)24-9-13(22-23-24)15(25)21-11-7-5-10(20)6-8-11/h1-4,9-11H,5-8,20H2,(H,21,25). The molecule has 3 rings (SSSR count). The fourth-order valence-corrected chi connectivity index (χ4v) is 2.92. The molecule has 1 aromatic carbocycles. The summed E-state index contributed by atoms with van der Waals surface area (Å²) in [5.74, 6) is -0.448. The highest BCUT2D eigenvalue weighted by Crippen LogP contribution is 2.33. The van der Waals surface area contributed by atoms with Gasteiger partial charge in [0.25, 0.3) is 5.91 Å². The lowest BCUT2D eigenvalue weighted by atomic mass is 9.92. The second kappa shape index (κ2) is 6.83. The number of amides is 1. The molecule has 9 heteroatoms. The Morgan fingerprint density at radius 1 is 1.20 bits per heavy atom. The molecule has 25 heavy (non-hydrogen) atoms. The molecular weight excluding hydrogens is 335 g/mol. The number of nitrogens with one attached hydrogen (secondary N) is 1. The summed E-state index contributed by atoms with van der Waals surface area (Å²) < 4.78 is 40.2. The van der Waals surface area contributed by atoms with Gasteiger partial charge in [-0.25, -0.2) is 4.68 Å². The Hall–Kier alpha value is -2.42. The van der Waals surface area contributed by atoms with Crippen molar-refractivity contribution in [2.75, 3.05) is 0 Å². The van der Waals surface area contributed by atoms with Gasteiger partial charge in [-0.2, -0.15) is 13.2 Å². The van der Waals surface area contributed by atoms with Crippen molar-refractivity contribution in [3.8, 4) is 5.69 Å². The predicted octanol–water partition coefficient (Wildman–Crippen LogP) is 2.29. The zero-order valence-corrected chi connectivity index (χ0v) is 13.3. The van der Waals surface area contributed by atoms with Crippen molar-refractivity contribution in [1.82, 2.24) is 20.3 Å². The summed E-state index contributed by atoms with van der Waals surface area (Å²) >= 11 is 0. The highest BCUT2D eigenvalue weighted by Gasteiger charge is 2.34. The molecule has 1 aliphatic rings. The van der Waals surface area contributed by atoms with E-state index in [0.29, 0.717) is 0 Å². The van der Waals surface area contributed by atoms with Crippen molar-refractivity contribution in [1.29, 1.82) is 0 Å². The molecule has 0 unspecified atom stereocenters. The first-order valence-electron chi connectivity index (χ1n) is 8.00. The van der Waals surface area contributed by atoms with E-state index in [1.54, 1.807) is 0 Å². The van der Waals surface area contributed by atoms with Crippen LogP contribution < -0.4 is 11.1 Å². The minimum absolute atomic E-state index is 0.0000820. The number of nitrogens with zero attached hydrogens (tertiary/aromatic N) is 3. The third-order valence-electron chi connectivity index (χ3n) is 4.29. The topological polar surface area (TPSA) is 85.8 Å². The fraction of sp³-hybridized carbons (Fsp3) is 0.438. The van der Waals surface area contributed by atoms with Gasteiger partial charge in [-0.15, -0.1) is 5.10 Å². The molecule has 1 saturated carbocycles. The zero-order valence-electron chi connectivity index (χ0n) is 13.3. The summed E-state index contributed by atoms with van der Waals surface area (Å²) in [6.07, 6.45) is -0.108. The van der Waals surface area contributed by atoms with Gasteiger partial charge in [0.2, 0.25) is 0 Å². The van der Waals surface area contributed by atoms with E-state index in [9.17, 15) is 18.0 Å². The highest BCUT2D eigenvalue weighted by molar-refractivity contribution is 5.92. The van der Waals surface area contributed by atoms with Crippen LogP contribution in [0.5, 0.6) is 0 Å². The first kappa shape index (κ1) is 17.4. The molecule has 0 radical (unpaired) electrons. The minimum atomic E-state index is -4.52. The smallest absolute Gasteiger partial charge is 0.348 e. The van der Waals surface area contributed by atoms with E-state index in [1.807, 2.05) is 0 Å². The van der Waals surface area contributed by atoms with E-state index in [0.717, 1.165) is 36.4 Å². The van der Waals surface area contributed by atoms with Crippen molar-refractivity contribution in [3.63, 3.8) is 0 Å². The van der Waals surface area contributed by atoms with Gasteiger partial charge in [0, 0.05) is 12.1 Å². The number of para-hydroxylation sites is 1. The van der Waals surface area contributed by atoms with Gasteiger partial charge in [0.1, 0.15) is 0 Å². The summed E-state index contributed by atoms with van der Waals surface area (Å²) in [5, 5.41) is 10.2. The highest BCUT2D eigenvalue weighted by atomic mass is 19.4. The van der Waals surface area contributed by atoms with Crippen molar-refractivity contribution in [2.24, 2.45) is 5.73 Å². The van der Waals surface area contributed by atoms with E-state index in [-0.39, 0.29) is 23.5 Å². The lowest BCUT2D eigenvalue weighted by molar-refractivity contribution is -0.137. The van der Waals surface area contributed by atoms with Gasteiger partial charge < -0.3 is 11.1 Å². The number of aromatic nitrogens is 3. The zero-order chi connectivity index (χ0) is 18.0. The van der Waals surface area contributed by atoms with E-state index in [4.69, 9.17) is 5.73 Å². The maximum Gasteiger partial charge on any atom is 0.418 e. The van der Waals surface area contributed by atoms with Crippen LogP contribution in [0.1, 0.15) is 41.7 Å². The van der Waals surface area contributed by atoms with Crippen molar-refractivity contribution >= 4 is 5.91 Å². The van der Waals surface area contributed by atoms with Gasteiger partial charge in [0.05, 0.1) is 17.4 Å². The Kier molecular flexibility index (Phi) is 4.76. The van der Waals surface area contributed by atoms with Gasteiger partial charge in [-0.1, -0.05) is 17.3 Å². The molecule has 1 amide bonds. The quantitative estimate of drug-likeness (QED) is 0.886. The van der Waals surface area contributed by atoms with Gasteiger partial charge in [0.15, 0.2) is 5.69 Å². The van der Waals surface area contributed by atoms with Crippen LogP contribution in [0, 0.1) is 0 Å². The molecule has 0 spiro atoms. The molecule has 1 fully saturated rings. The Balaban J connectivity index is 1.76. The molecule has 0 atom stereocenters. The molecule has 0 bridgehead atoms. The third kappa shape index (κ3) is 3.98. The second-order valence-electron chi connectivity index (χ2n) is 6.15. The summed E-state index contributed by atoms with van der Waals surface area (Å²) in [4.78, 5) is 12.2. The van der Waals surface area contributed by atoms with Crippen LogP contribution in [0.3, 0.4) is 0 Å². The predicted molar refractivity (Wildman–Crippen MR) is 84.1 cm³/mol. The molecule has 6 nitrogen and oxygen atoms in total. The Bertz CT molecular complexity index is 750. The first-order chi connectivity index (χ1) is 11.8. The van der Waals surface area contributed by atoms with Crippen molar-refractivity contribution in [2.45, 2.75) is 43.9 Å². The summed E-state index contributed by atoms with van der Waals surface area (Å²) in [6, 6.07) is 5.17. The molecule has 134 valence electrons. The molecule has 0 aliphatic heterocycles. The minimum Gasteiger partial charge on any atom is -0.348 e. The molecule has 1 aromatic heterocycles. The van der Waals surface area contributed by atoms with Crippen LogP contribution in [0.15, 0.2) is 30.5 Å². The SMILES string of the molecule is NC1CCC(NC(=O)c2cn(-c3ccccc3C(F)(F)F)nn2)CC1. The van der Waals surface area contributed by atoms with Crippen LogP contribution in [-0.4, -0.2) is 33.0 Å². The average molecular weight is 353 g/mol. The number of alkyl halides is 3. The van der Waals surface area contributed by atoms with Crippen LogP contribution >= 0.6 is 0 Å². The first-order valence-corrected chi connectivity index (χ1v) is 8.00. The van der Waals surface area contributed by atoms with Gasteiger partial charge >= 0.3 is 6.18 Å². The van der Waals surface area contributed by atoms with Crippen LogP contribution in [0.25, 0.3) is 5.69 Å². The number of hydrogen-bond donors (Lipinski definition) is 2.